The van der Waals surface area contributed by atoms with E-state index in [1.807, 2.05) is 39.0 Å². The molecule has 1 heterocycles. The van der Waals surface area contributed by atoms with Gasteiger partial charge in [-0.1, -0.05) is 25.1 Å². The number of rotatable bonds is 8. The summed E-state index contributed by atoms with van der Waals surface area (Å²) in [6, 6.07) is 12.8. The van der Waals surface area contributed by atoms with Crippen molar-refractivity contribution in [2.75, 3.05) is 6.61 Å². The van der Waals surface area contributed by atoms with E-state index in [9.17, 15) is 14.9 Å². The van der Waals surface area contributed by atoms with Gasteiger partial charge in [0, 0.05) is 11.6 Å². The highest BCUT2D eigenvalue weighted by atomic mass is 79.9. The lowest BCUT2D eigenvalue weighted by Crippen LogP contribution is -2.36. The second-order valence-corrected chi connectivity index (χ2v) is 8.98. The molecule has 1 atom stereocenters. The summed E-state index contributed by atoms with van der Waals surface area (Å²) in [4.78, 5) is 26.7. The second-order valence-electron chi connectivity index (χ2n) is 7.13. The van der Waals surface area contributed by atoms with Crippen LogP contribution in [0.25, 0.3) is 6.08 Å². The van der Waals surface area contributed by atoms with Crippen molar-refractivity contribution in [3.05, 3.63) is 62.5 Å². The van der Waals surface area contributed by atoms with E-state index in [0.29, 0.717) is 45.0 Å². The number of thioether (sulfide) groups is 1. The zero-order valence-electron chi connectivity index (χ0n) is 18.1. The van der Waals surface area contributed by atoms with Crippen LogP contribution in [-0.2, 0) is 11.4 Å². The molecule has 1 aliphatic rings. The first-order valence-corrected chi connectivity index (χ1v) is 11.8. The summed E-state index contributed by atoms with van der Waals surface area (Å²) < 4.78 is 12.4. The first-order valence-electron chi connectivity index (χ1n) is 10.2. The summed E-state index contributed by atoms with van der Waals surface area (Å²) in [7, 11) is 0. The lowest BCUT2D eigenvalue weighted by Gasteiger charge is -2.19. The maximum atomic E-state index is 12.7. The summed E-state index contributed by atoms with van der Waals surface area (Å²) in [6.45, 7) is 6.30. The predicted molar refractivity (Wildman–Crippen MR) is 128 cm³/mol. The summed E-state index contributed by atoms with van der Waals surface area (Å²) in [5.74, 6) is 0.727. The Hall–Kier alpha value is -2.76. The third kappa shape index (κ3) is 5.17. The number of benzene rings is 2. The van der Waals surface area contributed by atoms with Gasteiger partial charge in [0.05, 0.1) is 27.6 Å². The molecule has 0 saturated carbocycles. The maximum absolute atomic E-state index is 12.7. The molecule has 6 nitrogen and oxygen atoms in total. The fourth-order valence-corrected chi connectivity index (χ4v) is 4.68. The van der Waals surface area contributed by atoms with Crippen LogP contribution in [0.15, 0.2) is 45.8 Å². The van der Waals surface area contributed by atoms with Gasteiger partial charge in [0.2, 0.25) is 0 Å². The van der Waals surface area contributed by atoms with Crippen molar-refractivity contribution in [1.29, 1.82) is 5.26 Å². The molecular weight excluding hydrogens is 492 g/mol. The number of amides is 2. The van der Waals surface area contributed by atoms with E-state index < -0.39 is 0 Å². The zero-order chi connectivity index (χ0) is 23.3. The van der Waals surface area contributed by atoms with E-state index in [4.69, 9.17) is 9.47 Å². The van der Waals surface area contributed by atoms with Gasteiger partial charge in [0.15, 0.2) is 11.5 Å². The molecule has 3 rings (SSSR count). The molecule has 166 valence electrons. The number of carbonyl (C=O) groups is 2. The summed E-state index contributed by atoms with van der Waals surface area (Å²) >= 11 is 4.47. The van der Waals surface area contributed by atoms with E-state index in [1.165, 1.54) is 4.90 Å². The Balaban J connectivity index is 1.89. The lowest BCUT2D eigenvalue weighted by molar-refractivity contribution is -0.124. The van der Waals surface area contributed by atoms with Crippen molar-refractivity contribution in [3.63, 3.8) is 0 Å². The molecule has 2 amide bonds. The lowest BCUT2D eigenvalue weighted by atomic mass is 10.1. The highest BCUT2D eigenvalue weighted by Crippen LogP contribution is 2.40. The highest BCUT2D eigenvalue weighted by Gasteiger charge is 2.37. The average Bonchev–Trinajstić information content (AvgIpc) is 3.05. The van der Waals surface area contributed by atoms with Gasteiger partial charge in [-0.2, -0.15) is 5.26 Å². The first-order chi connectivity index (χ1) is 15.4. The highest BCUT2D eigenvalue weighted by molar-refractivity contribution is 9.10. The van der Waals surface area contributed by atoms with Gasteiger partial charge in [-0.15, -0.1) is 0 Å². The Labute approximate surface area is 200 Å². The molecule has 0 spiro atoms. The standard InChI is InChI=1S/C24H23BrN2O4S/c1-4-15(3)27-23(28)21(32-24(27)29)12-16-10-19(25)22(20(11-16)30-5-2)31-14-18-9-7-6-8-17(18)13-26/h6-12,15H,4-5,14H2,1-3H3/b21-12+/t15-/m0/s1. The minimum atomic E-state index is -0.281. The summed E-state index contributed by atoms with van der Waals surface area (Å²) in [5.41, 5.74) is 2.03. The molecule has 0 unspecified atom stereocenters. The van der Waals surface area contributed by atoms with Crippen LogP contribution >= 0.6 is 27.7 Å². The topological polar surface area (TPSA) is 79.6 Å². The third-order valence-corrected chi connectivity index (χ3v) is 6.47. The minimum absolute atomic E-state index is 0.147. The molecular formula is C24H23BrN2O4S. The Morgan fingerprint density at radius 3 is 2.66 bits per heavy atom. The van der Waals surface area contributed by atoms with Crippen LogP contribution in [0, 0.1) is 11.3 Å². The van der Waals surface area contributed by atoms with Crippen LogP contribution < -0.4 is 9.47 Å². The van der Waals surface area contributed by atoms with Gasteiger partial charge in [0.25, 0.3) is 11.1 Å². The summed E-state index contributed by atoms with van der Waals surface area (Å²) in [6.07, 6.45) is 2.39. The van der Waals surface area contributed by atoms with Crippen LogP contribution in [0.1, 0.15) is 43.9 Å². The monoisotopic (exact) mass is 514 g/mol. The SMILES string of the molecule is CCOc1cc(/C=C2/SC(=O)N([C@@H](C)CC)C2=O)cc(Br)c1OCc1ccccc1C#N. The maximum Gasteiger partial charge on any atom is 0.293 e. The van der Waals surface area contributed by atoms with Gasteiger partial charge in [-0.3, -0.25) is 14.5 Å². The van der Waals surface area contributed by atoms with E-state index in [-0.39, 0.29) is 23.8 Å². The van der Waals surface area contributed by atoms with Crippen LogP contribution in [0.4, 0.5) is 4.79 Å². The molecule has 1 fully saturated rings. The largest absolute Gasteiger partial charge is 0.490 e. The van der Waals surface area contributed by atoms with Crippen molar-refractivity contribution in [3.8, 4) is 17.6 Å². The number of nitrogens with zero attached hydrogens (tertiary/aromatic N) is 2. The number of carbonyl (C=O) groups excluding carboxylic acids is 2. The molecule has 8 heteroatoms. The average molecular weight is 515 g/mol. The molecule has 32 heavy (non-hydrogen) atoms. The fourth-order valence-electron chi connectivity index (χ4n) is 3.17. The fraction of sp³-hybridized carbons (Fsp3) is 0.292. The Bertz CT molecular complexity index is 1110. The molecule has 0 N–H and O–H groups in total. The number of hydrogen-bond donors (Lipinski definition) is 0. The molecule has 0 aliphatic carbocycles. The smallest absolute Gasteiger partial charge is 0.293 e. The van der Waals surface area contributed by atoms with Crippen LogP contribution in [0.2, 0.25) is 0 Å². The Morgan fingerprint density at radius 2 is 1.97 bits per heavy atom. The van der Waals surface area contributed by atoms with E-state index in [2.05, 4.69) is 22.0 Å². The van der Waals surface area contributed by atoms with Gasteiger partial charge in [-0.05, 0) is 77.8 Å². The Kier molecular flexibility index (Phi) is 7.99. The Morgan fingerprint density at radius 1 is 1.22 bits per heavy atom. The van der Waals surface area contributed by atoms with Crippen LogP contribution in [-0.4, -0.2) is 28.7 Å². The molecule has 0 radical (unpaired) electrons. The third-order valence-electron chi connectivity index (χ3n) is 4.99. The van der Waals surface area contributed by atoms with E-state index in [0.717, 1.165) is 17.3 Å². The predicted octanol–water partition coefficient (Wildman–Crippen LogP) is 6.13. The molecule has 2 aromatic carbocycles. The number of imide groups is 1. The first kappa shape index (κ1) is 23.9. The number of nitriles is 1. The van der Waals surface area contributed by atoms with E-state index >= 15 is 0 Å². The second kappa shape index (κ2) is 10.7. The summed E-state index contributed by atoms with van der Waals surface area (Å²) in [5, 5.41) is 9.03. The normalized spacial score (nSPS) is 15.7. The van der Waals surface area contributed by atoms with Crippen molar-refractivity contribution in [1.82, 2.24) is 4.90 Å². The minimum Gasteiger partial charge on any atom is -0.490 e. The number of halogens is 1. The molecule has 2 aromatic rings. The van der Waals surface area contributed by atoms with Gasteiger partial charge in [-0.25, -0.2) is 0 Å². The van der Waals surface area contributed by atoms with Crippen molar-refractivity contribution in [2.24, 2.45) is 0 Å². The van der Waals surface area contributed by atoms with Gasteiger partial charge < -0.3 is 9.47 Å². The van der Waals surface area contributed by atoms with Crippen molar-refractivity contribution in [2.45, 2.75) is 39.8 Å². The van der Waals surface area contributed by atoms with E-state index in [1.54, 1.807) is 24.3 Å². The molecule has 0 bridgehead atoms. The van der Waals surface area contributed by atoms with Crippen LogP contribution in [0.3, 0.4) is 0 Å². The molecule has 0 aromatic heterocycles. The molecule has 1 saturated heterocycles. The van der Waals surface area contributed by atoms with Crippen molar-refractivity contribution >= 4 is 44.9 Å². The number of hydrogen-bond acceptors (Lipinski definition) is 6. The van der Waals surface area contributed by atoms with Gasteiger partial charge in [0.1, 0.15) is 6.61 Å². The zero-order valence-corrected chi connectivity index (χ0v) is 20.5. The van der Waals surface area contributed by atoms with Crippen LogP contribution in [0.5, 0.6) is 11.5 Å². The quantitative estimate of drug-likeness (QED) is 0.394. The molecule has 1 aliphatic heterocycles. The number of ether oxygens (including phenoxy) is 2. The van der Waals surface area contributed by atoms with Gasteiger partial charge >= 0.3 is 0 Å². The van der Waals surface area contributed by atoms with Crippen molar-refractivity contribution < 1.29 is 19.1 Å².